The minimum Gasteiger partial charge on any atom is -0.326 e. The van der Waals surface area contributed by atoms with Crippen molar-refractivity contribution < 1.29 is 0 Å². The summed E-state index contributed by atoms with van der Waals surface area (Å²) < 4.78 is 0. The van der Waals surface area contributed by atoms with Crippen molar-refractivity contribution in [3.63, 3.8) is 0 Å². The molecule has 60 valence electrons. The average molecular weight is 170 g/mol. The first-order valence-corrected chi connectivity index (χ1v) is 4.06. The van der Waals surface area contributed by atoms with Crippen LogP contribution < -0.4 is 5.73 Å². The fourth-order valence-electron chi connectivity index (χ4n) is 1.04. The van der Waals surface area contributed by atoms with Gasteiger partial charge >= 0.3 is 0 Å². The van der Waals surface area contributed by atoms with Gasteiger partial charge in [-0.05, 0) is 24.5 Å². The summed E-state index contributed by atoms with van der Waals surface area (Å²) >= 11 is 6.02. The van der Waals surface area contributed by atoms with Crippen molar-refractivity contribution in [2.24, 2.45) is 5.73 Å². The highest BCUT2D eigenvalue weighted by molar-refractivity contribution is 6.32. The molecule has 0 unspecified atom stereocenters. The Balaban J connectivity index is 2.98. The van der Waals surface area contributed by atoms with Gasteiger partial charge in [-0.3, -0.25) is 0 Å². The Hall–Kier alpha value is -0.530. The molecule has 1 nitrogen and oxygen atoms in total. The highest BCUT2D eigenvalue weighted by Gasteiger charge is 2.04. The van der Waals surface area contributed by atoms with E-state index in [-0.39, 0.29) is 0 Å². The molecule has 0 saturated carbocycles. The van der Waals surface area contributed by atoms with Gasteiger partial charge in [0, 0.05) is 11.6 Å². The van der Waals surface area contributed by atoms with Gasteiger partial charge in [-0.1, -0.05) is 29.8 Å². The fraction of sp³-hybridized carbons (Fsp3) is 0.333. The third-order valence-electron chi connectivity index (χ3n) is 1.72. The van der Waals surface area contributed by atoms with E-state index in [1.165, 1.54) is 0 Å². The summed E-state index contributed by atoms with van der Waals surface area (Å²) in [5.74, 6) is 0. The maximum Gasteiger partial charge on any atom is 0.0476 e. The molecular formula is C9H12ClN. The summed E-state index contributed by atoms with van der Waals surface area (Å²) in [6.07, 6.45) is 7.11. The minimum atomic E-state index is 0.526. The lowest BCUT2D eigenvalue weighted by Crippen LogP contribution is -2.03. The molecule has 1 rings (SSSR count). The maximum atomic E-state index is 6.02. The molecule has 0 aromatic carbocycles. The van der Waals surface area contributed by atoms with Gasteiger partial charge in [-0.25, -0.2) is 0 Å². The van der Waals surface area contributed by atoms with E-state index in [2.05, 4.69) is 12.2 Å². The highest BCUT2D eigenvalue weighted by atomic mass is 35.5. The smallest absolute Gasteiger partial charge is 0.0476 e. The molecule has 0 heterocycles. The molecule has 0 aromatic heterocycles. The van der Waals surface area contributed by atoms with Crippen LogP contribution in [-0.4, -0.2) is 6.54 Å². The fourth-order valence-corrected chi connectivity index (χ4v) is 1.26. The Labute approximate surface area is 72.2 Å². The number of hydrogen-bond acceptors (Lipinski definition) is 1. The van der Waals surface area contributed by atoms with Crippen molar-refractivity contribution in [2.45, 2.75) is 13.3 Å². The lowest BCUT2D eigenvalue weighted by atomic mass is 10.2. The monoisotopic (exact) mass is 169 g/mol. The second-order valence-corrected chi connectivity index (χ2v) is 2.95. The van der Waals surface area contributed by atoms with Crippen LogP contribution in [0.15, 0.2) is 34.4 Å². The Bertz CT molecular complexity index is 236. The molecule has 0 fully saturated rings. The topological polar surface area (TPSA) is 26.0 Å². The third-order valence-corrected chi connectivity index (χ3v) is 2.26. The van der Waals surface area contributed by atoms with Crippen molar-refractivity contribution in [2.75, 3.05) is 6.54 Å². The van der Waals surface area contributed by atoms with Crippen molar-refractivity contribution in [3.8, 4) is 0 Å². The Morgan fingerprint density at radius 2 is 2.36 bits per heavy atom. The van der Waals surface area contributed by atoms with Gasteiger partial charge in [0.05, 0.1) is 0 Å². The van der Waals surface area contributed by atoms with Crippen LogP contribution in [0.3, 0.4) is 0 Å². The molecular weight excluding hydrogens is 158 g/mol. The van der Waals surface area contributed by atoms with E-state index in [1.54, 1.807) is 0 Å². The quantitative estimate of drug-likeness (QED) is 0.641. The largest absolute Gasteiger partial charge is 0.326 e. The molecule has 0 bridgehead atoms. The van der Waals surface area contributed by atoms with Crippen LogP contribution in [-0.2, 0) is 0 Å². The predicted octanol–water partition coefficient (Wildman–Crippen LogP) is 2.34. The van der Waals surface area contributed by atoms with Gasteiger partial charge < -0.3 is 5.73 Å². The van der Waals surface area contributed by atoms with Crippen LogP contribution in [0.25, 0.3) is 0 Å². The SMILES string of the molecule is CC1=C(Cl)C(CN)=CCC=C1. The van der Waals surface area contributed by atoms with E-state index in [0.717, 1.165) is 22.6 Å². The molecule has 0 aromatic rings. The molecule has 1 aliphatic rings. The van der Waals surface area contributed by atoms with E-state index in [0.29, 0.717) is 6.54 Å². The van der Waals surface area contributed by atoms with E-state index in [1.807, 2.05) is 13.0 Å². The van der Waals surface area contributed by atoms with Crippen LogP contribution in [0.5, 0.6) is 0 Å². The zero-order valence-electron chi connectivity index (χ0n) is 6.60. The molecule has 0 aliphatic heterocycles. The standard InChI is InChI=1S/C9H12ClN/c1-7-4-2-3-5-8(6-11)9(7)10/h2,4-5H,3,6,11H2,1H3. The summed E-state index contributed by atoms with van der Waals surface area (Å²) in [5, 5.41) is 0.807. The molecule has 0 radical (unpaired) electrons. The second-order valence-electron chi connectivity index (χ2n) is 2.57. The zero-order chi connectivity index (χ0) is 8.27. The maximum absolute atomic E-state index is 6.02. The lowest BCUT2D eigenvalue weighted by molar-refractivity contribution is 1.15. The summed E-state index contributed by atoms with van der Waals surface area (Å²) in [6, 6.07) is 0. The summed E-state index contributed by atoms with van der Waals surface area (Å²) in [5.41, 5.74) is 7.66. The Morgan fingerprint density at radius 3 is 3.00 bits per heavy atom. The van der Waals surface area contributed by atoms with Crippen molar-refractivity contribution in [3.05, 3.63) is 34.4 Å². The molecule has 0 spiro atoms. The highest BCUT2D eigenvalue weighted by Crippen LogP contribution is 2.22. The molecule has 0 atom stereocenters. The van der Waals surface area contributed by atoms with E-state index in [9.17, 15) is 0 Å². The number of allylic oxidation sites excluding steroid dienone is 4. The zero-order valence-corrected chi connectivity index (χ0v) is 7.36. The summed E-state index contributed by atoms with van der Waals surface area (Å²) in [7, 11) is 0. The number of halogens is 1. The van der Waals surface area contributed by atoms with Crippen molar-refractivity contribution in [1.82, 2.24) is 0 Å². The summed E-state index contributed by atoms with van der Waals surface area (Å²) in [4.78, 5) is 0. The predicted molar refractivity (Wildman–Crippen MR) is 49.4 cm³/mol. The first kappa shape index (κ1) is 8.57. The van der Waals surface area contributed by atoms with Gasteiger partial charge in [-0.2, -0.15) is 0 Å². The van der Waals surface area contributed by atoms with Gasteiger partial charge in [0.15, 0.2) is 0 Å². The van der Waals surface area contributed by atoms with Gasteiger partial charge in [0.2, 0.25) is 0 Å². The van der Waals surface area contributed by atoms with Crippen LogP contribution in [0.2, 0.25) is 0 Å². The van der Waals surface area contributed by atoms with Crippen LogP contribution in [0, 0.1) is 0 Å². The lowest BCUT2D eigenvalue weighted by Gasteiger charge is -2.02. The molecule has 1 aliphatic carbocycles. The van der Waals surface area contributed by atoms with E-state index in [4.69, 9.17) is 17.3 Å². The molecule has 11 heavy (non-hydrogen) atoms. The van der Waals surface area contributed by atoms with E-state index < -0.39 is 0 Å². The van der Waals surface area contributed by atoms with Crippen LogP contribution in [0.1, 0.15) is 13.3 Å². The van der Waals surface area contributed by atoms with Gasteiger partial charge in [0.25, 0.3) is 0 Å². The molecule has 2 N–H and O–H groups in total. The third kappa shape index (κ3) is 1.95. The molecule has 0 amide bonds. The number of hydrogen-bond donors (Lipinski definition) is 1. The summed E-state index contributed by atoms with van der Waals surface area (Å²) in [6.45, 7) is 2.52. The first-order chi connectivity index (χ1) is 5.25. The van der Waals surface area contributed by atoms with Crippen LogP contribution in [0.4, 0.5) is 0 Å². The molecule has 0 saturated heterocycles. The number of nitrogens with two attached hydrogens (primary N) is 1. The van der Waals surface area contributed by atoms with Crippen molar-refractivity contribution >= 4 is 11.6 Å². The van der Waals surface area contributed by atoms with Crippen LogP contribution >= 0.6 is 11.6 Å². The molecule has 2 heteroatoms. The minimum absolute atomic E-state index is 0.526. The average Bonchev–Trinajstić information content (AvgIpc) is 2.16. The van der Waals surface area contributed by atoms with Gasteiger partial charge in [0.1, 0.15) is 0 Å². The Kier molecular flexibility index (Phi) is 2.92. The number of rotatable bonds is 1. The normalized spacial score (nSPS) is 18.3. The van der Waals surface area contributed by atoms with Gasteiger partial charge in [-0.15, -0.1) is 0 Å². The van der Waals surface area contributed by atoms with Crippen molar-refractivity contribution in [1.29, 1.82) is 0 Å². The van der Waals surface area contributed by atoms with E-state index >= 15 is 0 Å². The first-order valence-electron chi connectivity index (χ1n) is 3.68. The second kappa shape index (κ2) is 3.74. The Morgan fingerprint density at radius 1 is 1.64 bits per heavy atom.